The Morgan fingerprint density at radius 2 is 1.95 bits per heavy atom. The van der Waals surface area contributed by atoms with Crippen LogP contribution in [0.3, 0.4) is 0 Å². The quantitative estimate of drug-likeness (QED) is 0.305. The van der Waals surface area contributed by atoms with Crippen molar-refractivity contribution in [1.29, 1.82) is 0 Å². The Morgan fingerprint density at radius 1 is 1.16 bits per heavy atom. The third-order valence-corrected chi connectivity index (χ3v) is 3.53. The van der Waals surface area contributed by atoms with Crippen LogP contribution < -0.4 is 10.6 Å². The Bertz CT molecular complexity index is 257. The molecule has 0 aromatic heterocycles. The van der Waals surface area contributed by atoms with Crippen LogP contribution in [0.5, 0.6) is 0 Å². The molecule has 1 saturated heterocycles. The number of hydrogen-bond donors (Lipinski definition) is 2. The molecule has 0 bridgehead atoms. The molecule has 19 heavy (non-hydrogen) atoms. The fraction of sp³-hybridized carbons (Fsp3) is 0.800. The van der Waals surface area contributed by atoms with E-state index in [1.54, 1.807) is 7.05 Å². The van der Waals surface area contributed by atoms with Gasteiger partial charge in [0.1, 0.15) is 0 Å². The average molecular weight is 266 g/mol. The molecule has 4 heteroatoms. The molecular weight excluding hydrogens is 236 g/mol. The normalized spacial score (nSPS) is 17.2. The maximum Gasteiger partial charge on any atom is 0.191 e. The van der Waals surface area contributed by atoms with Crippen LogP contribution in [0.4, 0.5) is 0 Å². The highest BCUT2D eigenvalue weighted by atomic mass is 15.2. The first-order valence-electron chi connectivity index (χ1n) is 7.64. The lowest BCUT2D eigenvalue weighted by Gasteiger charge is -2.26. The SMILES string of the molecule is C=CCNC(=NC)NCCCCCN1CCCCC1. The smallest absolute Gasteiger partial charge is 0.191 e. The Balaban J connectivity index is 1.93. The van der Waals surface area contributed by atoms with E-state index in [-0.39, 0.29) is 0 Å². The zero-order valence-corrected chi connectivity index (χ0v) is 12.5. The maximum atomic E-state index is 4.16. The van der Waals surface area contributed by atoms with Crippen molar-refractivity contribution >= 4 is 5.96 Å². The predicted octanol–water partition coefficient (Wildman–Crippen LogP) is 1.99. The number of rotatable bonds is 8. The molecule has 0 unspecified atom stereocenters. The number of nitrogens with zero attached hydrogens (tertiary/aromatic N) is 2. The molecule has 0 radical (unpaired) electrons. The van der Waals surface area contributed by atoms with Crippen molar-refractivity contribution in [3.05, 3.63) is 12.7 Å². The molecule has 1 aliphatic rings. The zero-order valence-electron chi connectivity index (χ0n) is 12.5. The predicted molar refractivity (Wildman–Crippen MR) is 83.7 cm³/mol. The first-order valence-corrected chi connectivity index (χ1v) is 7.64. The van der Waals surface area contributed by atoms with Gasteiger partial charge in [0, 0.05) is 20.1 Å². The standard InChI is InChI=1S/C15H30N4/c1-3-10-17-15(16-2)18-11-6-4-7-12-19-13-8-5-9-14-19/h3H,1,4-14H2,2H3,(H2,16,17,18). The number of piperidine rings is 1. The summed E-state index contributed by atoms with van der Waals surface area (Å²) in [5, 5.41) is 6.49. The molecule has 0 aromatic rings. The van der Waals surface area contributed by atoms with E-state index in [0.29, 0.717) is 0 Å². The molecule has 0 atom stereocenters. The van der Waals surface area contributed by atoms with Gasteiger partial charge in [-0.3, -0.25) is 4.99 Å². The van der Waals surface area contributed by atoms with Crippen molar-refractivity contribution in [3.63, 3.8) is 0 Å². The summed E-state index contributed by atoms with van der Waals surface area (Å²) >= 11 is 0. The number of aliphatic imine (C=N–C) groups is 1. The lowest BCUT2D eigenvalue weighted by atomic mass is 10.1. The van der Waals surface area contributed by atoms with Gasteiger partial charge in [-0.25, -0.2) is 0 Å². The summed E-state index contributed by atoms with van der Waals surface area (Å²) in [6.07, 6.45) is 9.88. The third-order valence-electron chi connectivity index (χ3n) is 3.53. The second kappa shape index (κ2) is 10.9. The van der Waals surface area contributed by atoms with E-state index in [2.05, 4.69) is 27.1 Å². The van der Waals surface area contributed by atoms with Crippen LogP contribution in [-0.2, 0) is 0 Å². The van der Waals surface area contributed by atoms with Gasteiger partial charge in [-0.1, -0.05) is 18.9 Å². The van der Waals surface area contributed by atoms with Gasteiger partial charge in [0.15, 0.2) is 5.96 Å². The van der Waals surface area contributed by atoms with E-state index in [9.17, 15) is 0 Å². The molecule has 4 nitrogen and oxygen atoms in total. The Kier molecular flexibility index (Phi) is 9.15. The molecule has 0 saturated carbocycles. The molecule has 0 spiro atoms. The van der Waals surface area contributed by atoms with Crippen LogP contribution in [0.1, 0.15) is 38.5 Å². The molecular formula is C15H30N4. The van der Waals surface area contributed by atoms with Gasteiger partial charge in [0.05, 0.1) is 0 Å². The van der Waals surface area contributed by atoms with E-state index in [1.165, 1.54) is 58.2 Å². The van der Waals surface area contributed by atoms with Crippen molar-refractivity contribution in [1.82, 2.24) is 15.5 Å². The monoisotopic (exact) mass is 266 g/mol. The largest absolute Gasteiger partial charge is 0.356 e. The lowest BCUT2D eigenvalue weighted by molar-refractivity contribution is 0.224. The van der Waals surface area contributed by atoms with Crippen molar-refractivity contribution in [2.75, 3.05) is 39.8 Å². The molecule has 0 aliphatic carbocycles. The van der Waals surface area contributed by atoms with Gasteiger partial charge in [-0.05, 0) is 45.3 Å². The molecule has 2 N–H and O–H groups in total. The topological polar surface area (TPSA) is 39.7 Å². The Hall–Kier alpha value is -1.03. The minimum atomic E-state index is 0.759. The number of likely N-dealkylation sites (tertiary alicyclic amines) is 1. The highest BCUT2D eigenvalue weighted by Crippen LogP contribution is 2.09. The number of nitrogens with one attached hydrogen (secondary N) is 2. The van der Waals surface area contributed by atoms with Crippen molar-refractivity contribution in [2.24, 2.45) is 4.99 Å². The van der Waals surface area contributed by atoms with Crippen LogP contribution >= 0.6 is 0 Å². The van der Waals surface area contributed by atoms with Gasteiger partial charge in [0.25, 0.3) is 0 Å². The Labute approximate surface area is 118 Å². The molecule has 1 aliphatic heterocycles. The zero-order chi connectivity index (χ0) is 13.8. The highest BCUT2D eigenvalue weighted by molar-refractivity contribution is 5.79. The fourth-order valence-electron chi connectivity index (χ4n) is 2.42. The summed E-state index contributed by atoms with van der Waals surface area (Å²) in [4.78, 5) is 6.77. The van der Waals surface area contributed by atoms with Gasteiger partial charge in [-0.2, -0.15) is 0 Å². The first-order chi connectivity index (χ1) is 9.36. The number of guanidine groups is 1. The minimum absolute atomic E-state index is 0.759. The van der Waals surface area contributed by atoms with E-state index >= 15 is 0 Å². The van der Waals surface area contributed by atoms with Crippen LogP contribution in [0.25, 0.3) is 0 Å². The van der Waals surface area contributed by atoms with Gasteiger partial charge in [0.2, 0.25) is 0 Å². The van der Waals surface area contributed by atoms with E-state index in [4.69, 9.17) is 0 Å². The van der Waals surface area contributed by atoms with Crippen molar-refractivity contribution in [3.8, 4) is 0 Å². The van der Waals surface area contributed by atoms with Crippen molar-refractivity contribution in [2.45, 2.75) is 38.5 Å². The summed E-state index contributed by atoms with van der Waals surface area (Å²) < 4.78 is 0. The summed E-state index contributed by atoms with van der Waals surface area (Å²) in [6, 6.07) is 0. The molecule has 0 aromatic carbocycles. The molecule has 110 valence electrons. The molecule has 1 heterocycles. The van der Waals surface area contributed by atoms with Gasteiger partial charge in [-0.15, -0.1) is 6.58 Å². The summed E-state index contributed by atoms with van der Waals surface area (Å²) in [5.41, 5.74) is 0. The number of unbranched alkanes of at least 4 members (excludes halogenated alkanes) is 2. The van der Waals surface area contributed by atoms with E-state index in [0.717, 1.165) is 19.0 Å². The molecule has 0 amide bonds. The molecule has 1 rings (SSSR count). The van der Waals surface area contributed by atoms with E-state index in [1.807, 2.05) is 6.08 Å². The van der Waals surface area contributed by atoms with Crippen LogP contribution in [0.2, 0.25) is 0 Å². The highest BCUT2D eigenvalue weighted by Gasteiger charge is 2.08. The van der Waals surface area contributed by atoms with Gasteiger partial charge < -0.3 is 15.5 Å². The second-order valence-electron chi connectivity index (χ2n) is 5.13. The maximum absolute atomic E-state index is 4.16. The van der Waals surface area contributed by atoms with Gasteiger partial charge >= 0.3 is 0 Å². The van der Waals surface area contributed by atoms with Crippen LogP contribution in [-0.4, -0.2) is 50.6 Å². The summed E-state index contributed by atoms with van der Waals surface area (Å²) in [5.74, 6) is 0.871. The average Bonchev–Trinajstić information content (AvgIpc) is 2.47. The van der Waals surface area contributed by atoms with E-state index < -0.39 is 0 Å². The first kappa shape index (κ1) is 16.0. The fourth-order valence-corrected chi connectivity index (χ4v) is 2.42. The second-order valence-corrected chi connectivity index (χ2v) is 5.13. The minimum Gasteiger partial charge on any atom is -0.356 e. The Morgan fingerprint density at radius 3 is 2.63 bits per heavy atom. The van der Waals surface area contributed by atoms with Crippen LogP contribution in [0.15, 0.2) is 17.6 Å². The number of hydrogen-bond acceptors (Lipinski definition) is 2. The third kappa shape index (κ3) is 7.88. The molecule has 1 fully saturated rings. The summed E-state index contributed by atoms with van der Waals surface area (Å²) in [6.45, 7) is 9.35. The lowest BCUT2D eigenvalue weighted by Crippen LogP contribution is -2.37. The van der Waals surface area contributed by atoms with Crippen LogP contribution in [0, 0.1) is 0 Å². The summed E-state index contributed by atoms with van der Waals surface area (Å²) in [7, 11) is 1.80. The van der Waals surface area contributed by atoms with Crippen molar-refractivity contribution < 1.29 is 0 Å².